The molecular formula is C31H40P2. The van der Waals surface area contributed by atoms with Crippen molar-refractivity contribution < 1.29 is 0 Å². The standard InChI is InChI=1S/C31H40P2/c1-25(32(26-15-6-2-7-16-26)27-17-8-3-9-18-27)30-23-14-24-31(30)33(28-19-10-4-11-20-28)29-21-12-5-13-22-29/h4-5,10-14,19-27,31H,2-3,6-9,15-18H2,1H3/t25?,31-/m1/s1. The van der Waals surface area contributed by atoms with E-state index in [0.717, 1.165) is 17.0 Å². The molecule has 0 aliphatic heterocycles. The Hall–Kier alpha value is -1.22. The second-order valence-electron chi connectivity index (χ2n) is 10.2. The van der Waals surface area contributed by atoms with Gasteiger partial charge in [-0.2, -0.15) is 0 Å². The van der Waals surface area contributed by atoms with E-state index < -0.39 is 7.92 Å². The Balaban J connectivity index is 1.47. The zero-order valence-corrected chi connectivity index (χ0v) is 22.1. The topological polar surface area (TPSA) is 0 Å². The summed E-state index contributed by atoms with van der Waals surface area (Å²) in [6.45, 7) is 2.64. The number of hydrogen-bond acceptors (Lipinski definition) is 0. The molecule has 2 atom stereocenters. The van der Waals surface area contributed by atoms with Crippen molar-refractivity contribution in [2.75, 3.05) is 0 Å². The molecule has 0 saturated heterocycles. The van der Waals surface area contributed by atoms with E-state index >= 15 is 0 Å². The van der Waals surface area contributed by atoms with E-state index in [1.54, 1.807) is 5.57 Å². The van der Waals surface area contributed by atoms with E-state index in [1.165, 1.54) is 74.8 Å². The Morgan fingerprint density at radius 1 is 0.667 bits per heavy atom. The number of benzene rings is 2. The summed E-state index contributed by atoms with van der Waals surface area (Å²) < 4.78 is 0. The maximum atomic E-state index is 2.64. The fraction of sp³-hybridized carbons (Fsp3) is 0.484. The smallest absolute Gasteiger partial charge is 0.0273 e. The highest BCUT2D eigenvalue weighted by Crippen LogP contribution is 2.62. The van der Waals surface area contributed by atoms with Crippen molar-refractivity contribution in [2.45, 2.75) is 93.8 Å². The van der Waals surface area contributed by atoms with Crippen LogP contribution in [0.5, 0.6) is 0 Å². The first-order valence-electron chi connectivity index (χ1n) is 13.4. The Morgan fingerprint density at radius 3 is 1.64 bits per heavy atom. The van der Waals surface area contributed by atoms with Gasteiger partial charge in [-0.1, -0.05) is 138 Å². The third-order valence-corrected chi connectivity index (χ3v) is 14.8. The van der Waals surface area contributed by atoms with Crippen molar-refractivity contribution in [3.8, 4) is 0 Å². The van der Waals surface area contributed by atoms with Crippen LogP contribution in [0.25, 0.3) is 0 Å². The summed E-state index contributed by atoms with van der Waals surface area (Å²) in [4.78, 5) is 0. The van der Waals surface area contributed by atoms with Gasteiger partial charge in [-0.3, -0.25) is 0 Å². The van der Waals surface area contributed by atoms with Gasteiger partial charge in [-0.15, -0.1) is 0 Å². The average Bonchev–Trinajstić information content (AvgIpc) is 3.36. The summed E-state index contributed by atoms with van der Waals surface area (Å²) in [5, 5.41) is 3.04. The second kappa shape index (κ2) is 11.5. The molecule has 2 heteroatoms. The number of allylic oxidation sites excluding steroid dienone is 4. The highest BCUT2D eigenvalue weighted by Gasteiger charge is 2.39. The Kier molecular flexibility index (Phi) is 8.18. The van der Waals surface area contributed by atoms with Gasteiger partial charge in [0.1, 0.15) is 0 Å². The molecule has 2 fully saturated rings. The predicted octanol–water partition coefficient (Wildman–Crippen LogP) is 8.52. The molecule has 0 spiro atoms. The quantitative estimate of drug-likeness (QED) is 0.353. The Morgan fingerprint density at radius 2 is 1.15 bits per heavy atom. The molecule has 0 bridgehead atoms. The van der Waals surface area contributed by atoms with Gasteiger partial charge in [-0.25, -0.2) is 0 Å². The fourth-order valence-corrected chi connectivity index (χ4v) is 13.9. The molecule has 0 N–H and O–H groups in total. The normalized spacial score (nSPS) is 23.2. The van der Waals surface area contributed by atoms with Gasteiger partial charge in [-0.05, 0) is 61.2 Å². The summed E-state index contributed by atoms with van der Waals surface area (Å²) in [5.41, 5.74) is 5.08. The average molecular weight is 475 g/mol. The fourth-order valence-electron chi connectivity index (χ4n) is 6.61. The van der Waals surface area contributed by atoms with Gasteiger partial charge in [0.2, 0.25) is 0 Å². The first-order valence-corrected chi connectivity index (χ1v) is 16.3. The van der Waals surface area contributed by atoms with Crippen LogP contribution in [0.1, 0.15) is 71.1 Å². The molecule has 174 valence electrons. The molecule has 2 aromatic rings. The molecule has 3 aliphatic carbocycles. The van der Waals surface area contributed by atoms with Crippen LogP contribution in [0.3, 0.4) is 0 Å². The van der Waals surface area contributed by atoms with Crippen LogP contribution in [0.2, 0.25) is 0 Å². The van der Waals surface area contributed by atoms with Crippen LogP contribution < -0.4 is 10.6 Å². The summed E-state index contributed by atoms with van der Waals surface area (Å²) in [7, 11) is -0.384. The predicted molar refractivity (Wildman–Crippen MR) is 150 cm³/mol. The van der Waals surface area contributed by atoms with Crippen molar-refractivity contribution >= 4 is 26.5 Å². The second-order valence-corrected chi connectivity index (χ2v) is 15.7. The number of hydrogen-bond donors (Lipinski definition) is 0. The maximum Gasteiger partial charge on any atom is 0.0273 e. The van der Waals surface area contributed by atoms with Crippen molar-refractivity contribution in [3.63, 3.8) is 0 Å². The summed E-state index contributed by atoms with van der Waals surface area (Å²) in [6.07, 6.45) is 22.3. The zero-order chi connectivity index (χ0) is 22.5. The van der Waals surface area contributed by atoms with Crippen molar-refractivity contribution in [1.82, 2.24) is 0 Å². The van der Waals surface area contributed by atoms with Crippen LogP contribution >= 0.6 is 15.8 Å². The van der Waals surface area contributed by atoms with Crippen LogP contribution in [0.15, 0.2) is 84.5 Å². The van der Waals surface area contributed by atoms with Crippen LogP contribution in [0, 0.1) is 0 Å². The van der Waals surface area contributed by atoms with E-state index in [9.17, 15) is 0 Å². The lowest BCUT2D eigenvalue weighted by Crippen LogP contribution is -2.30. The van der Waals surface area contributed by atoms with Crippen LogP contribution in [-0.4, -0.2) is 22.6 Å². The molecule has 5 rings (SSSR count). The van der Waals surface area contributed by atoms with Crippen molar-refractivity contribution in [1.29, 1.82) is 0 Å². The molecule has 2 aromatic carbocycles. The van der Waals surface area contributed by atoms with E-state index in [2.05, 4.69) is 85.8 Å². The minimum Gasteiger partial charge on any atom is -0.0932 e. The lowest BCUT2D eigenvalue weighted by Gasteiger charge is -2.44. The third kappa shape index (κ3) is 5.39. The van der Waals surface area contributed by atoms with Gasteiger partial charge in [0.15, 0.2) is 0 Å². The summed E-state index contributed by atoms with van der Waals surface area (Å²) in [5.74, 6) is 0. The Bertz CT molecular complexity index is 862. The monoisotopic (exact) mass is 474 g/mol. The minimum atomic E-state index is -0.428. The maximum absolute atomic E-state index is 2.64. The first kappa shape index (κ1) is 23.5. The number of rotatable bonds is 7. The molecule has 0 nitrogen and oxygen atoms in total. The largest absolute Gasteiger partial charge is 0.0932 e. The molecule has 0 amide bonds. The molecule has 3 aliphatic rings. The van der Waals surface area contributed by atoms with Gasteiger partial charge in [0.05, 0.1) is 0 Å². The first-order chi connectivity index (χ1) is 16.3. The van der Waals surface area contributed by atoms with Crippen LogP contribution in [0.4, 0.5) is 0 Å². The molecule has 0 radical (unpaired) electrons. The highest BCUT2D eigenvalue weighted by molar-refractivity contribution is 7.74. The highest BCUT2D eigenvalue weighted by atomic mass is 31.1. The van der Waals surface area contributed by atoms with Crippen molar-refractivity contribution in [3.05, 3.63) is 84.5 Å². The van der Waals surface area contributed by atoms with E-state index in [0.29, 0.717) is 5.66 Å². The summed E-state index contributed by atoms with van der Waals surface area (Å²) in [6, 6.07) is 22.7. The lowest BCUT2D eigenvalue weighted by atomic mass is 9.99. The molecule has 0 heterocycles. The van der Waals surface area contributed by atoms with Gasteiger partial charge >= 0.3 is 0 Å². The zero-order valence-electron chi connectivity index (χ0n) is 20.3. The van der Waals surface area contributed by atoms with Crippen molar-refractivity contribution in [2.24, 2.45) is 0 Å². The molecular weight excluding hydrogens is 434 g/mol. The third-order valence-electron chi connectivity index (χ3n) is 8.19. The van der Waals surface area contributed by atoms with Crippen LogP contribution in [-0.2, 0) is 0 Å². The molecule has 0 aromatic heterocycles. The minimum absolute atomic E-state index is 0.0437. The molecule has 2 saturated carbocycles. The van der Waals surface area contributed by atoms with Gasteiger partial charge in [0.25, 0.3) is 0 Å². The Labute approximate surface area is 204 Å². The van der Waals surface area contributed by atoms with E-state index in [-0.39, 0.29) is 7.92 Å². The summed E-state index contributed by atoms with van der Waals surface area (Å²) >= 11 is 0. The molecule has 33 heavy (non-hydrogen) atoms. The van der Waals surface area contributed by atoms with E-state index in [1.807, 2.05) is 0 Å². The molecule has 1 unspecified atom stereocenters. The van der Waals surface area contributed by atoms with Gasteiger partial charge in [0, 0.05) is 5.66 Å². The van der Waals surface area contributed by atoms with E-state index in [4.69, 9.17) is 0 Å². The lowest BCUT2D eigenvalue weighted by molar-refractivity contribution is 0.482. The SMILES string of the molecule is CC(C1=CC=C[C@H]1P(c1ccccc1)c1ccccc1)P(C1CCCCC1)C1CCCCC1. The van der Waals surface area contributed by atoms with Gasteiger partial charge < -0.3 is 0 Å².